The van der Waals surface area contributed by atoms with Gasteiger partial charge in [-0.3, -0.25) is 9.69 Å². The number of nitrogens with zero attached hydrogens (tertiary/aromatic N) is 4. The minimum absolute atomic E-state index is 0.117. The number of aromatic nitrogens is 2. The predicted octanol–water partition coefficient (Wildman–Crippen LogP) is 1.59. The van der Waals surface area contributed by atoms with Gasteiger partial charge in [-0.15, -0.1) is 0 Å². The van der Waals surface area contributed by atoms with Gasteiger partial charge in [0.15, 0.2) is 0 Å². The fraction of sp³-hybridized carbons (Fsp3) is 0.688. The minimum atomic E-state index is 0.117. The average Bonchev–Trinajstić information content (AvgIpc) is 2.46. The molecule has 0 aromatic carbocycles. The molecule has 0 bridgehead atoms. The molecule has 3 heterocycles. The van der Waals surface area contributed by atoms with E-state index in [4.69, 9.17) is 0 Å². The molecule has 1 aromatic heterocycles. The van der Waals surface area contributed by atoms with E-state index in [0.717, 1.165) is 43.4 Å². The zero-order chi connectivity index (χ0) is 15.5. The summed E-state index contributed by atoms with van der Waals surface area (Å²) in [7, 11) is 1.85. The van der Waals surface area contributed by atoms with Crippen LogP contribution in [0.25, 0.3) is 0 Å². The van der Waals surface area contributed by atoms with Crippen molar-refractivity contribution in [1.29, 1.82) is 0 Å². The topological polar surface area (TPSA) is 61.4 Å². The number of carbonyl (C=O) groups is 1. The summed E-state index contributed by atoms with van der Waals surface area (Å²) in [5, 5.41) is 3.06. The lowest BCUT2D eigenvalue weighted by atomic mass is 9.98. The van der Waals surface area contributed by atoms with E-state index in [9.17, 15) is 4.79 Å². The normalized spacial score (nSPS) is 22.3. The standard InChI is InChI=1S/C16H25N5O/c1-12-18-13(10-15(17-2)19-12)14-6-9-21(14)16(22)11-20-7-4-3-5-8-20/h10,14H,3-9,11H2,1-2H3,(H,17,18,19)/t14-/m0/s1. The van der Waals surface area contributed by atoms with Gasteiger partial charge in [0.25, 0.3) is 0 Å². The van der Waals surface area contributed by atoms with E-state index in [-0.39, 0.29) is 11.9 Å². The summed E-state index contributed by atoms with van der Waals surface area (Å²) in [6.07, 6.45) is 4.72. The van der Waals surface area contributed by atoms with Crippen molar-refractivity contribution in [2.24, 2.45) is 0 Å². The third-order valence-electron chi connectivity index (χ3n) is 4.60. The molecule has 1 atom stereocenters. The van der Waals surface area contributed by atoms with Crippen molar-refractivity contribution in [3.05, 3.63) is 17.6 Å². The highest BCUT2D eigenvalue weighted by molar-refractivity contribution is 5.79. The van der Waals surface area contributed by atoms with Gasteiger partial charge in [0.1, 0.15) is 11.6 Å². The van der Waals surface area contributed by atoms with Crippen molar-refractivity contribution in [1.82, 2.24) is 19.8 Å². The highest BCUT2D eigenvalue weighted by atomic mass is 16.2. The van der Waals surface area contributed by atoms with E-state index in [1.165, 1.54) is 19.3 Å². The van der Waals surface area contributed by atoms with Crippen LogP contribution in [-0.4, -0.2) is 58.9 Å². The predicted molar refractivity (Wildman–Crippen MR) is 85.7 cm³/mol. The van der Waals surface area contributed by atoms with Crippen molar-refractivity contribution >= 4 is 11.7 Å². The van der Waals surface area contributed by atoms with Crippen LogP contribution in [0.15, 0.2) is 6.07 Å². The maximum absolute atomic E-state index is 12.5. The summed E-state index contributed by atoms with van der Waals surface area (Å²) in [6, 6.07) is 2.07. The molecule has 1 amide bonds. The molecule has 6 heteroatoms. The van der Waals surface area contributed by atoms with Crippen LogP contribution in [0.5, 0.6) is 0 Å². The average molecular weight is 303 g/mol. The van der Waals surface area contributed by atoms with Crippen molar-refractivity contribution in [3.8, 4) is 0 Å². The molecule has 2 aliphatic heterocycles. The zero-order valence-corrected chi connectivity index (χ0v) is 13.5. The van der Waals surface area contributed by atoms with E-state index in [0.29, 0.717) is 6.54 Å². The first-order valence-corrected chi connectivity index (χ1v) is 8.22. The first-order valence-electron chi connectivity index (χ1n) is 8.22. The Bertz CT molecular complexity index is 541. The first-order chi connectivity index (χ1) is 10.7. The zero-order valence-electron chi connectivity index (χ0n) is 13.5. The Morgan fingerprint density at radius 2 is 2.05 bits per heavy atom. The Morgan fingerprint density at radius 1 is 1.27 bits per heavy atom. The Hall–Kier alpha value is -1.69. The van der Waals surface area contributed by atoms with Crippen LogP contribution in [0.1, 0.15) is 43.2 Å². The number of hydrogen-bond donors (Lipinski definition) is 1. The smallest absolute Gasteiger partial charge is 0.237 e. The Labute approximate surface area is 131 Å². The van der Waals surface area contributed by atoms with Crippen LogP contribution >= 0.6 is 0 Å². The summed E-state index contributed by atoms with van der Waals surface area (Å²) >= 11 is 0. The summed E-state index contributed by atoms with van der Waals surface area (Å²) in [5.41, 5.74) is 0.954. The fourth-order valence-corrected chi connectivity index (χ4v) is 3.28. The van der Waals surface area contributed by atoms with Gasteiger partial charge in [0.05, 0.1) is 18.3 Å². The van der Waals surface area contributed by atoms with Crippen LogP contribution in [0.2, 0.25) is 0 Å². The van der Waals surface area contributed by atoms with E-state index in [1.807, 2.05) is 24.9 Å². The number of hydrogen-bond acceptors (Lipinski definition) is 5. The van der Waals surface area contributed by atoms with Gasteiger partial charge < -0.3 is 10.2 Å². The molecular weight excluding hydrogens is 278 g/mol. The molecule has 0 aliphatic carbocycles. The summed E-state index contributed by atoms with van der Waals surface area (Å²) in [5.74, 6) is 1.80. The minimum Gasteiger partial charge on any atom is -0.373 e. The number of aryl methyl sites for hydroxylation is 1. The van der Waals surface area contributed by atoms with Gasteiger partial charge in [-0.05, 0) is 39.3 Å². The third kappa shape index (κ3) is 3.21. The molecule has 3 rings (SSSR count). The van der Waals surface area contributed by atoms with Gasteiger partial charge in [-0.1, -0.05) is 6.42 Å². The monoisotopic (exact) mass is 303 g/mol. The largest absolute Gasteiger partial charge is 0.373 e. The molecule has 0 saturated carbocycles. The van der Waals surface area contributed by atoms with Gasteiger partial charge in [-0.25, -0.2) is 9.97 Å². The third-order valence-corrected chi connectivity index (χ3v) is 4.60. The number of piperidine rings is 1. The number of anilines is 1. The molecule has 0 spiro atoms. The van der Waals surface area contributed by atoms with Gasteiger partial charge in [-0.2, -0.15) is 0 Å². The summed E-state index contributed by atoms with van der Waals surface area (Å²) < 4.78 is 0. The van der Waals surface area contributed by atoms with E-state index in [1.54, 1.807) is 0 Å². The molecule has 1 aromatic rings. The molecule has 2 fully saturated rings. The van der Waals surface area contributed by atoms with E-state index in [2.05, 4.69) is 20.2 Å². The van der Waals surface area contributed by atoms with Crippen LogP contribution in [0, 0.1) is 6.92 Å². The Balaban J connectivity index is 1.65. The maximum Gasteiger partial charge on any atom is 0.237 e. The van der Waals surface area contributed by atoms with Crippen LogP contribution in [0.3, 0.4) is 0 Å². The molecule has 22 heavy (non-hydrogen) atoms. The molecule has 2 aliphatic rings. The van der Waals surface area contributed by atoms with Crippen molar-refractivity contribution < 1.29 is 4.79 Å². The summed E-state index contributed by atoms with van der Waals surface area (Å²) in [6.45, 7) is 5.40. The van der Waals surface area contributed by atoms with E-state index >= 15 is 0 Å². The lowest BCUT2D eigenvalue weighted by Gasteiger charge is -2.42. The van der Waals surface area contributed by atoms with Crippen LogP contribution in [0.4, 0.5) is 5.82 Å². The maximum atomic E-state index is 12.5. The molecule has 6 nitrogen and oxygen atoms in total. The SMILES string of the molecule is CNc1cc([C@@H]2CCN2C(=O)CN2CCCCC2)nc(C)n1. The number of carbonyl (C=O) groups excluding carboxylic acids is 1. The van der Waals surface area contributed by atoms with E-state index < -0.39 is 0 Å². The molecule has 0 unspecified atom stereocenters. The van der Waals surface area contributed by atoms with Crippen LogP contribution < -0.4 is 5.32 Å². The van der Waals surface area contributed by atoms with Crippen molar-refractivity contribution in [2.75, 3.05) is 38.5 Å². The van der Waals surface area contributed by atoms with Crippen molar-refractivity contribution in [3.63, 3.8) is 0 Å². The number of likely N-dealkylation sites (tertiary alicyclic amines) is 2. The number of amides is 1. The summed E-state index contributed by atoms with van der Waals surface area (Å²) in [4.78, 5) is 25.6. The molecule has 1 N–H and O–H groups in total. The van der Waals surface area contributed by atoms with Crippen LogP contribution in [-0.2, 0) is 4.79 Å². The first kappa shape index (κ1) is 15.2. The number of nitrogens with one attached hydrogen (secondary N) is 1. The highest BCUT2D eigenvalue weighted by Gasteiger charge is 2.35. The second-order valence-electron chi connectivity index (χ2n) is 6.20. The van der Waals surface area contributed by atoms with Gasteiger partial charge in [0, 0.05) is 19.7 Å². The quantitative estimate of drug-likeness (QED) is 0.915. The Kier molecular flexibility index (Phi) is 4.57. The number of rotatable bonds is 4. The lowest BCUT2D eigenvalue weighted by molar-refractivity contribution is -0.140. The Morgan fingerprint density at radius 3 is 2.68 bits per heavy atom. The van der Waals surface area contributed by atoms with Gasteiger partial charge in [0.2, 0.25) is 5.91 Å². The molecular formula is C16H25N5O. The fourth-order valence-electron chi connectivity index (χ4n) is 3.28. The lowest BCUT2D eigenvalue weighted by Crippen LogP contribution is -2.50. The van der Waals surface area contributed by atoms with Crippen molar-refractivity contribution in [2.45, 2.75) is 38.6 Å². The molecule has 120 valence electrons. The van der Waals surface area contributed by atoms with Gasteiger partial charge >= 0.3 is 0 Å². The molecule has 2 saturated heterocycles. The second kappa shape index (κ2) is 6.60. The molecule has 0 radical (unpaired) electrons. The highest BCUT2D eigenvalue weighted by Crippen LogP contribution is 2.33. The second-order valence-corrected chi connectivity index (χ2v) is 6.20.